The van der Waals surface area contributed by atoms with Gasteiger partial charge in [-0.1, -0.05) is 18.5 Å². The summed E-state index contributed by atoms with van der Waals surface area (Å²) >= 11 is 0. The Kier molecular flexibility index (Phi) is 3.30. The van der Waals surface area contributed by atoms with Crippen LogP contribution >= 0.6 is 0 Å². The van der Waals surface area contributed by atoms with Gasteiger partial charge in [0.1, 0.15) is 6.10 Å². The Labute approximate surface area is 73.6 Å². The summed E-state index contributed by atoms with van der Waals surface area (Å²) in [6, 6.07) is 0. The van der Waals surface area contributed by atoms with Crippen molar-refractivity contribution < 1.29 is 18.4 Å². The molecule has 0 saturated carbocycles. The molecule has 0 radical (unpaired) electrons. The average Bonchev–Trinajstić information content (AvgIpc) is 2.52. The van der Waals surface area contributed by atoms with Crippen LogP contribution in [0.4, 0.5) is 8.78 Å². The summed E-state index contributed by atoms with van der Waals surface area (Å²) in [5.41, 5.74) is 0. The summed E-state index contributed by atoms with van der Waals surface area (Å²) in [6.07, 6.45) is -2.54. The SMILES string of the molecule is CCCC(O)c1noc(C(F)F)n1. The second kappa shape index (κ2) is 4.27. The van der Waals surface area contributed by atoms with Crippen LogP contribution in [0.5, 0.6) is 0 Å². The highest BCUT2D eigenvalue weighted by atomic mass is 19.3. The number of aliphatic hydroxyl groups excluding tert-OH is 1. The van der Waals surface area contributed by atoms with Gasteiger partial charge in [0, 0.05) is 0 Å². The number of aliphatic hydroxyl groups is 1. The summed E-state index contributed by atoms with van der Waals surface area (Å²) in [5.74, 6) is -0.817. The summed E-state index contributed by atoms with van der Waals surface area (Å²) in [7, 11) is 0. The van der Waals surface area contributed by atoms with Crippen LogP contribution in [0.25, 0.3) is 0 Å². The van der Waals surface area contributed by atoms with Gasteiger partial charge < -0.3 is 9.63 Å². The van der Waals surface area contributed by atoms with Crippen LogP contribution in [0.2, 0.25) is 0 Å². The maximum Gasteiger partial charge on any atom is 0.315 e. The zero-order valence-electron chi connectivity index (χ0n) is 7.07. The van der Waals surface area contributed by atoms with Crippen molar-refractivity contribution in [3.63, 3.8) is 0 Å². The Morgan fingerprint density at radius 3 is 2.69 bits per heavy atom. The smallest absolute Gasteiger partial charge is 0.315 e. The normalized spacial score (nSPS) is 13.6. The molecule has 0 amide bonds. The lowest BCUT2D eigenvalue weighted by molar-refractivity contribution is 0.105. The molecule has 0 bridgehead atoms. The van der Waals surface area contributed by atoms with Crippen LogP contribution < -0.4 is 0 Å². The number of alkyl halides is 2. The number of hydrogen-bond acceptors (Lipinski definition) is 4. The number of nitrogens with zero attached hydrogens (tertiary/aromatic N) is 2. The predicted octanol–water partition coefficient (Wildman–Crippen LogP) is 1.84. The molecule has 4 nitrogen and oxygen atoms in total. The first-order chi connectivity index (χ1) is 6.15. The van der Waals surface area contributed by atoms with Gasteiger partial charge in [0.15, 0.2) is 0 Å². The molecule has 1 N–H and O–H groups in total. The Balaban J connectivity index is 2.67. The van der Waals surface area contributed by atoms with Crippen molar-refractivity contribution in [3.8, 4) is 0 Å². The molecule has 0 aliphatic rings. The van der Waals surface area contributed by atoms with Gasteiger partial charge in [0.05, 0.1) is 0 Å². The molecule has 74 valence electrons. The number of hydrogen-bond donors (Lipinski definition) is 1. The summed E-state index contributed by atoms with van der Waals surface area (Å²) in [6.45, 7) is 1.86. The van der Waals surface area contributed by atoms with Crippen LogP contribution in [0.1, 0.15) is 44.0 Å². The van der Waals surface area contributed by atoms with E-state index in [0.29, 0.717) is 6.42 Å². The first-order valence-corrected chi connectivity index (χ1v) is 3.94. The lowest BCUT2D eigenvalue weighted by Gasteiger charge is -2.00. The van der Waals surface area contributed by atoms with Crippen molar-refractivity contribution in [1.29, 1.82) is 0 Å². The molecular weight excluding hydrogens is 182 g/mol. The van der Waals surface area contributed by atoms with Gasteiger partial charge in [-0.2, -0.15) is 13.8 Å². The van der Waals surface area contributed by atoms with E-state index in [1.54, 1.807) is 0 Å². The molecule has 0 saturated heterocycles. The topological polar surface area (TPSA) is 59.2 Å². The first kappa shape index (κ1) is 10.0. The Morgan fingerprint density at radius 2 is 2.23 bits per heavy atom. The fourth-order valence-electron chi connectivity index (χ4n) is 0.874. The second-order valence-electron chi connectivity index (χ2n) is 2.60. The number of halogens is 2. The van der Waals surface area contributed by atoms with E-state index in [1.165, 1.54) is 0 Å². The van der Waals surface area contributed by atoms with Crippen LogP contribution in [0, 0.1) is 0 Å². The van der Waals surface area contributed by atoms with E-state index < -0.39 is 18.4 Å². The van der Waals surface area contributed by atoms with Crippen molar-refractivity contribution >= 4 is 0 Å². The Morgan fingerprint density at radius 1 is 1.54 bits per heavy atom. The molecule has 0 spiro atoms. The van der Waals surface area contributed by atoms with E-state index in [0.717, 1.165) is 6.42 Å². The van der Waals surface area contributed by atoms with E-state index in [2.05, 4.69) is 14.7 Å². The van der Waals surface area contributed by atoms with Crippen molar-refractivity contribution in [1.82, 2.24) is 10.1 Å². The maximum atomic E-state index is 12.0. The third-order valence-corrected chi connectivity index (χ3v) is 1.50. The largest absolute Gasteiger partial charge is 0.385 e. The number of rotatable bonds is 4. The van der Waals surface area contributed by atoms with Crippen molar-refractivity contribution in [2.45, 2.75) is 32.3 Å². The lowest BCUT2D eigenvalue weighted by Crippen LogP contribution is -1.99. The van der Waals surface area contributed by atoms with E-state index in [1.807, 2.05) is 6.92 Å². The fourth-order valence-corrected chi connectivity index (χ4v) is 0.874. The predicted molar refractivity (Wildman–Crippen MR) is 39.1 cm³/mol. The van der Waals surface area contributed by atoms with E-state index in [-0.39, 0.29) is 5.82 Å². The minimum absolute atomic E-state index is 0.0721. The van der Waals surface area contributed by atoms with Gasteiger partial charge in [-0.3, -0.25) is 0 Å². The fraction of sp³-hybridized carbons (Fsp3) is 0.714. The van der Waals surface area contributed by atoms with Crippen LogP contribution in [-0.4, -0.2) is 15.2 Å². The summed E-state index contributed by atoms with van der Waals surface area (Å²) in [4.78, 5) is 3.35. The number of aromatic nitrogens is 2. The Hall–Kier alpha value is -1.04. The lowest BCUT2D eigenvalue weighted by atomic mass is 10.2. The molecular formula is C7H10F2N2O2. The molecule has 1 atom stereocenters. The van der Waals surface area contributed by atoms with Gasteiger partial charge in [0.25, 0.3) is 5.89 Å². The van der Waals surface area contributed by atoms with Crippen molar-refractivity contribution in [3.05, 3.63) is 11.7 Å². The Bertz CT molecular complexity index is 265. The molecule has 13 heavy (non-hydrogen) atoms. The van der Waals surface area contributed by atoms with Crippen LogP contribution in [0.3, 0.4) is 0 Å². The van der Waals surface area contributed by atoms with Gasteiger partial charge in [0.2, 0.25) is 5.82 Å². The second-order valence-corrected chi connectivity index (χ2v) is 2.60. The van der Waals surface area contributed by atoms with E-state index in [9.17, 15) is 13.9 Å². The monoisotopic (exact) mass is 192 g/mol. The molecule has 0 aliphatic carbocycles. The molecule has 1 unspecified atom stereocenters. The van der Waals surface area contributed by atoms with Gasteiger partial charge in [-0.25, -0.2) is 0 Å². The molecule has 1 rings (SSSR count). The molecule has 0 aliphatic heterocycles. The van der Waals surface area contributed by atoms with Crippen LogP contribution in [0.15, 0.2) is 4.52 Å². The third-order valence-electron chi connectivity index (χ3n) is 1.50. The van der Waals surface area contributed by atoms with Gasteiger partial charge in [-0.05, 0) is 6.42 Å². The average molecular weight is 192 g/mol. The van der Waals surface area contributed by atoms with Crippen LogP contribution in [-0.2, 0) is 0 Å². The quantitative estimate of drug-likeness (QED) is 0.790. The highest BCUT2D eigenvalue weighted by molar-refractivity contribution is 4.91. The molecule has 1 aromatic heterocycles. The maximum absolute atomic E-state index is 12.0. The molecule has 6 heteroatoms. The minimum atomic E-state index is -2.78. The summed E-state index contributed by atoms with van der Waals surface area (Å²) < 4.78 is 28.1. The standard InChI is InChI=1S/C7H10F2N2O2/c1-2-3-4(12)6-10-7(5(8)9)13-11-6/h4-5,12H,2-3H2,1H3. The third kappa shape index (κ3) is 2.45. The molecule has 0 aromatic carbocycles. The highest BCUT2D eigenvalue weighted by Crippen LogP contribution is 2.20. The van der Waals surface area contributed by atoms with E-state index in [4.69, 9.17) is 0 Å². The zero-order chi connectivity index (χ0) is 9.84. The molecule has 1 heterocycles. The van der Waals surface area contributed by atoms with E-state index >= 15 is 0 Å². The van der Waals surface area contributed by atoms with Gasteiger partial charge >= 0.3 is 6.43 Å². The van der Waals surface area contributed by atoms with Gasteiger partial charge in [-0.15, -0.1) is 0 Å². The van der Waals surface area contributed by atoms with Crippen molar-refractivity contribution in [2.75, 3.05) is 0 Å². The molecule has 0 fully saturated rings. The summed E-state index contributed by atoms with van der Waals surface area (Å²) in [5, 5.41) is 12.5. The molecule has 1 aromatic rings. The first-order valence-electron chi connectivity index (χ1n) is 3.94. The minimum Gasteiger partial charge on any atom is -0.385 e. The highest BCUT2D eigenvalue weighted by Gasteiger charge is 2.19. The van der Waals surface area contributed by atoms with Crippen molar-refractivity contribution in [2.24, 2.45) is 0 Å². The zero-order valence-corrected chi connectivity index (χ0v) is 7.07.